The van der Waals surface area contributed by atoms with E-state index in [4.69, 9.17) is 0 Å². The van der Waals surface area contributed by atoms with Gasteiger partial charge in [0, 0.05) is 19.1 Å². The number of hydrogen-bond donors (Lipinski definition) is 1. The van der Waals surface area contributed by atoms with Crippen LogP contribution in [-0.4, -0.2) is 37.0 Å². The van der Waals surface area contributed by atoms with Crippen LogP contribution in [0.1, 0.15) is 32.6 Å². The summed E-state index contributed by atoms with van der Waals surface area (Å²) in [6.45, 7) is 4.19. The molecule has 0 radical (unpaired) electrons. The maximum absolute atomic E-state index is 12.3. The van der Waals surface area contributed by atoms with E-state index >= 15 is 0 Å². The molecule has 1 N–H and O–H groups in total. The van der Waals surface area contributed by atoms with Crippen molar-refractivity contribution in [1.29, 1.82) is 0 Å². The molecule has 4 fully saturated rings. The zero-order valence-corrected chi connectivity index (χ0v) is 9.68. The smallest absolute Gasteiger partial charge is 0.228 e. The lowest BCUT2D eigenvalue weighted by molar-refractivity contribution is -0.208. The van der Waals surface area contributed by atoms with E-state index in [-0.39, 0.29) is 5.41 Å². The van der Waals surface area contributed by atoms with Gasteiger partial charge < -0.3 is 10.2 Å². The Bertz CT molecular complexity index is 293. The van der Waals surface area contributed by atoms with Gasteiger partial charge in [-0.05, 0) is 38.1 Å². The fourth-order valence-corrected chi connectivity index (χ4v) is 4.04. The molecule has 1 atom stereocenters. The van der Waals surface area contributed by atoms with Gasteiger partial charge in [-0.1, -0.05) is 6.92 Å². The highest BCUT2D eigenvalue weighted by atomic mass is 16.2. The Morgan fingerprint density at radius 1 is 1.40 bits per heavy atom. The van der Waals surface area contributed by atoms with Crippen LogP contribution in [0.25, 0.3) is 0 Å². The van der Waals surface area contributed by atoms with Gasteiger partial charge in [-0.3, -0.25) is 4.79 Å². The standard InChI is InChI=1S/C12H20N2O/c1-11-6-12(7-11,8-11)10(15)14-4-3-9(5-14)13-2/h9,13H,3-8H2,1-2H3/t9-,11?,12?/m0/s1. The van der Waals surface area contributed by atoms with Crippen LogP contribution in [0.5, 0.6) is 0 Å². The number of carbonyl (C=O) groups excluding carboxylic acids is 1. The number of likely N-dealkylation sites (tertiary alicyclic amines) is 1. The SMILES string of the molecule is CN[C@H]1CCN(C(=O)C23CC(C)(C2)C3)C1. The largest absolute Gasteiger partial charge is 0.341 e. The minimum atomic E-state index is 0.0946. The molecule has 1 aliphatic heterocycles. The van der Waals surface area contributed by atoms with Crippen LogP contribution in [0.4, 0.5) is 0 Å². The second kappa shape index (κ2) is 2.76. The molecular formula is C12H20N2O. The van der Waals surface area contributed by atoms with Crippen molar-refractivity contribution in [2.45, 2.75) is 38.6 Å². The van der Waals surface area contributed by atoms with Crippen molar-refractivity contribution in [3.05, 3.63) is 0 Å². The molecule has 0 unspecified atom stereocenters. The number of hydrogen-bond acceptors (Lipinski definition) is 2. The van der Waals surface area contributed by atoms with Gasteiger partial charge in [0.1, 0.15) is 0 Å². The lowest BCUT2D eigenvalue weighted by Gasteiger charge is -2.68. The van der Waals surface area contributed by atoms with Gasteiger partial charge in [0.25, 0.3) is 0 Å². The normalized spacial score (nSPS) is 47.3. The molecule has 1 heterocycles. The number of nitrogens with zero attached hydrogens (tertiary/aromatic N) is 1. The van der Waals surface area contributed by atoms with Crippen molar-refractivity contribution in [1.82, 2.24) is 10.2 Å². The Morgan fingerprint density at radius 3 is 2.53 bits per heavy atom. The zero-order chi connectivity index (χ0) is 10.7. The predicted octanol–water partition coefficient (Wildman–Crippen LogP) is 0.997. The second-order valence-corrected chi connectivity index (χ2v) is 6.15. The van der Waals surface area contributed by atoms with E-state index in [2.05, 4.69) is 17.1 Å². The Labute approximate surface area is 91.2 Å². The minimum Gasteiger partial charge on any atom is -0.341 e. The first-order valence-corrected chi connectivity index (χ1v) is 6.04. The highest BCUT2D eigenvalue weighted by Crippen LogP contribution is 2.73. The van der Waals surface area contributed by atoms with Crippen molar-refractivity contribution in [3.63, 3.8) is 0 Å². The molecule has 3 heteroatoms. The molecule has 0 aromatic heterocycles. The highest BCUT2D eigenvalue weighted by Gasteiger charge is 2.69. The van der Waals surface area contributed by atoms with E-state index in [0.29, 0.717) is 17.4 Å². The van der Waals surface area contributed by atoms with Crippen LogP contribution < -0.4 is 5.32 Å². The highest BCUT2D eigenvalue weighted by molar-refractivity contribution is 5.86. The molecular weight excluding hydrogens is 188 g/mol. The quantitative estimate of drug-likeness (QED) is 0.734. The monoisotopic (exact) mass is 208 g/mol. The van der Waals surface area contributed by atoms with Gasteiger partial charge in [0.15, 0.2) is 0 Å². The minimum absolute atomic E-state index is 0.0946. The lowest BCUT2D eigenvalue weighted by atomic mass is 9.35. The molecule has 4 aliphatic rings. The van der Waals surface area contributed by atoms with Gasteiger partial charge >= 0.3 is 0 Å². The van der Waals surface area contributed by atoms with Crippen LogP contribution in [0.2, 0.25) is 0 Å². The Kier molecular flexibility index (Phi) is 1.77. The second-order valence-electron chi connectivity index (χ2n) is 6.15. The van der Waals surface area contributed by atoms with E-state index in [1.165, 1.54) is 0 Å². The van der Waals surface area contributed by atoms with Gasteiger partial charge in [-0.25, -0.2) is 0 Å². The molecule has 0 aromatic rings. The summed E-state index contributed by atoms with van der Waals surface area (Å²) >= 11 is 0. The molecule has 84 valence electrons. The molecule has 3 aliphatic carbocycles. The van der Waals surface area contributed by atoms with E-state index < -0.39 is 0 Å². The summed E-state index contributed by atoms with van der Waals surface area (Å²) in [5.74, 6) is 0.448. The number of carbonyl (C=O) groups is 1. The molecule has 0 spiro atoms. The Balaban J connectivity index is 1.62. The Hall–Kier alpha value is -0.570. The number of nitrogens with one attached hydrogen (secondary N) is 1. The van der Waals surface area contributed by atoms with E-state index in [0.717, 1.165) is 38.8 Å². The fourth-order valence-electron chi connectivity index (χ4n) is 4.04. The number of likely N-dealkylation sites (N-methyl/N-ethyl adjacent to an activating group) is 1. The molecule has 3 saturated carbocycles. The summed E-state index contributed by atoms with van der Waals surface area (Å²) in [7, 11) is 1.99. The molecule has 3 nitrogen and oxygen atoms in total. The van der Waals surface area contributed by atoms with Crippen LogP contribution in [0.15, 0.2) is 0 Å². The van der Waals surface area contributed by atoms with Crippen LogP contribution in [-0.2, 0) is 4.79 Å². The Morgan fingerprint density at radius 2 is 2.07 bits per heavy atom. The third-order valence-electron chi connectivity index (χ3n) is 4.63. The average Bonchev–Trinajstić information content (AvgIpc) is 2.58. The topological polar surface area (TPSA) is 32.3 Å². The van der Waals surface area contributed by atoms with E-state index in [1.54, 1.807) is 0 Å². The van der Waals surface area contributed by atoms with Gasteiger partial charge in [-0.2, -0.15) is 0 Å². The van der Waals surface area contributed by atoms with Crippen LogP contribution in [0.3, 0.4) is 0 Å². The zero-order valence-electron chi connectivity index (χ0n) is 9.68. The van der Waals surface area contributed by atoms with Crippen molar-refractivity contribution in [3.8, 4) is 0 Å². The molecule has 15 heavy (non-hydrogen) atoms. The van der Waals surface area contributed by atoms with E-state index in [9.17, 15) is 4.79 Å². The third-order valence-corrected chi connectivity index (χ3v) is 4.63. The van der Waals surface area contributed by atoms with E-state index in [1.807, 2.05) is 7.05 Å². The van der Waals surface area contributed by atoms with Gasteiger partial charge in [-0.15, -0.1) is 0 Å². The molecule has 1 amide bonds. The first-order valence-electron chi connectivity index (χ1n) is 6.04. The van der Waals surface area contributed by atoms with Crippen molar-refractivity contribution >= 4 is 5.91 Å². The first-order chi connectivity index (χ1) is 7.07. The van der Waals surface area contributed by atoms with Crippen LogP contribution >= 0.6 is 0 Å². The first kappa shape index (κ1) is 9.64. The van der Waals surface area contributed by atoms with Crippen molar-refractivity contribution < 1.29 is 4.79 Å². The maximum atomic E-state index is 12.3. The summed E-state index contributed by atoms with van der Waals surface area (Å²) in [5, 5.41) is 3.26. The summed E-state index contributed by atoms with van der Waals surface area (Å²) in [5.41, 5.74) is 0.634. The molecule has 2 bridgehead atoms. The summed E-state index contributed by atoms with van der Waals surface area (Å²) in [6, 6.07) is 0.525. The average molecular weight is 208 g/mol. The molecule has 4 rings (SSSR count). The summed E-state index contributed by atoms with van der Waals surface area (Å²) < 4.78 is 0. The predicted molar refractivity (Wildman–Crippen MR) is 58.4 cm³/mol. The van der Waals surface area contributed by atoms with Crippen molar-refractivity contribution in [2.24, 2.45) is 10.8 Å². The summed E-state index contributed by atoms with van der Waals surface area (Å²) in [6.07, 6.45) is 4.58. The number of rotatable bonds is 2. The number of amides is 1. The third kappa shape index (κ3) is 1.19. The molecule has 1 saturated heterocycles. The van der Waals surface area contributed by atoms with Gasteiger partial charge in [0.2, 0.25) is 5.91 Å². The lowest BCUT2D eigenvalue weighted by Crippen LogP contribution is -2.66. The fraction of sp³-hybridized carbons (Fsp3) is 0.917. The molecule has 0 aromatic carbocycles. The van der Waals surface area contributed by atoms with Gasteiger partial charge in [0.05, 0.1) is 5.41 Å². The van der Waals surface area contributed by atoms with Crippen molar-refractivity contribution in [2.75, 3.05) is 20.1 Å². The maximum Gasteiger partial charge on any atom is 0.228 e. The van der Waals surface area contributed by atoms with Crippen LogP contribution in [0, 0.1) is 10.8 Å². The summed E-state index contributed by atoms with van der Waals surface area (Å²) in [4.78, 5) is 14.4.